The van der Waals surface area contributed by atoms with E-state index in [-0.39, 0.29) is 11.5 Å². The largest absolute Gasteiger partial charge is 0.504 e. The number of phenolic OH excluding ortho intramolecular Hbond substituents is 5. The van der Waals surface area contributed by atoms with Gasteiger partial charge in [-0.2, -0.15) is 0 Å². The van der Waals surface area contributed by atoms with Crippen molar-refractivity contribution in [3.8, 4) is 45.6 Å². The molecule has 3 rings (SSSR count). The Bertz CT molecular complexity index is 1330. The number of hydrogen-bond donors (Lipinski definition) is 6. The molecule has 0 atom stereocenters. The Balaban J connectivity index is 2.19. The molecule has 0 unspecified atom stereocenters. The average Bonchev–Trinajstić information content (AvgIpc) is 3.32. The fourth-order valence-electron chi connectivity index (χ4n) is 3.01. The van der Waals surface area contributed by atoms with Gasteiger partial charge in [-0.25, -0.2) is 22.9 Å². The van der Waals surface area contributed by atoms with Crippen LogP contribution < -0.4 is 10.1 Å². The summed E-state index contributed by atoms with van der Waals surface area (Å²) in [7, 11) is 0.813. The molecule has 1 aromatic heterocycles. The number of thiazole rings is 1. The van der Waals surface area contributed by atoms with Crippen LogP contribution >= 0.6 is 11.3 Å². The van der Waals surface area contributed by atoms with E-state index in [0.717, 1.165) is 24.0 Å². The Hall–Kier alpha value is -4.40. The molecule has 11 nitrogen and oxygen atoms in total. The van der Waals surface area contributed by atoms with Crippen LogP contribution in [0.5, 0.6) is 34.5 Å². The lowest BCUT2D eigenvalue weighted by atomic mass is 9.98. The summed E-state index contributed by atoms with van der Waals surface area (Å²) in [6.07, 6.45) is 0. The summed E-state index contributed by atoms with van der Waals surface area (Å²) >= 11 is 0.721. The molecule has 0 spiro atoms. The lowest BCUT2D eigenvalue weighted by Crippen LogP contribution is -2.19. The molecule has 0 aliphatic rings. The van der Waals surface area contributed by atoms with Crippen molar-refractivity contribution in [1.29, 1.82) is 0 Å². The Morgan fingerprint density at radius 1 is 0.943 bits per heavy atom. The summed E-state index contributed by atoms with van der Waals surface area (Å²) in [5.41, 5.74) is -3.45. The zero-order valence-corrected chi connectivity index (χ0v) is 18.5. The number of nitrogens with zero attached hydrogens (tertiary/aromatic N) is 1. The minimum Gasteiger partial charge on any atom is -0.504 e. The minimum absolute atomic E-state index is 0.0276. The number of amides is 1. The van der Waals surface area contributed by atoms with Gasteiger partial charge in [0.15, 0.2) is 40.4 Å². The van der Waals surface area contributed by atoms with Gasteiger partial charge in [-0.1, -0.05) is 0 Å². The molecule has 35 heavy (non-hydrogen) atoms. The Morgan fingerprint density at radius 2 is 1.51 bits per heavy atom. The maximum absolute atomic E-state index is 15.3. The van der Waals surface area contributed by atoms with E-state index in [2.05, 4.69) is 4.98 Å². The highest BCUT2D eigenvalue weighted by atomic mass is 32.1. The van der Waals surface area contributed by atoms with Crippen molar-refractivity contribution in [2.45, 2.75) is 6.92 Å². The number of halogens is 3. The number of nitrogens with one attached hydrogen (secondary N) is 1. The van der Waals surface area contributed by atoms with Crippen molar-refractivity contribution in [3.63, 3.8) is 0 Å². The van der Waals surface area contributed by atoms with E-state index in [9.17, 15) is 39.5 Å². The third-order valence-corrected chi connectivity index (χ3v) is 5.39. The van der Waals surface area contributed by atoms with Crippen LogP contribution in [0.25, 0.3) is 11.1 Å². The van der Waals surface area contributed by atoms with Gasteiger partial charge < -0.3 is 40.3 Å². The van der Waals surface area contributed by atoms with Gasteiger partial charge in [0.25, 0.3) is 5.91 Å². The molecule has 186 valence electrons. The fourth-order valence-corrected chi connectivity index (χ4v) is 3.68. The molecule has 0 aliphatic heterocycles. The first-order valence-electron chi connectivity index (χ1n) is 9.33. The summed E-state index contributed by atoms with van der Waals surface area (Å²) in [4.78, 5) is 28.0. The van der Waals surface area contributed by atoms with Crippen molar-refractivity contribution in [3.05, 3.63) is 33.5 Å². The summed E-state index contributed by atoms with van der Waals surface area (Å²) < 4.78 is 54.8. The summed E-state index contributed by atoms with van der Waals surface area (Å²) in [5, 5.41) is 50.7. The van der Waals surface area contributed by atoms with Crippen molar-refractivity contribution < 1.29 is 57.8 Å². The smallest absolute Gasteiger partial charge is 0.350 e. The number of ether oxygens (including phenoxy) is 2. The quantitative estimate of drug-likeness (QED) is 0.123. The predicted molar refractivity (Wildman–Crippen MR) is 113 cm³/mol. The van der Waals surface area contributed by atoms with Crippen LogP contribution in [-0.4, -0.2) is 56.1 Å². The topological polar surface area (TPSA) is 179 Å². The SMILES string of the molecule is CCOC(=O)c1scnc1C(=O)Nc1c(F)c(F)c(-c2c(O)c(O)c(O)c(O)c2O)c(F)c1OC. The van der Waals surface area contributed by atoms with E-state index in [1.54, 1.807) is 0 Å². The van der Waals surface area contributed by atoms with Crippen LogP contribution in [0.15, 0.2) is 5.51 Å². The standard InChI is InChI=1S/C20H15F3N2O9S/c1-3-34-20(32)18-11(24-4-35-18)19(31)25-10-9(23)7(21)5(8(22)17(10)33-2)6-12(26)14(28)16(30)15(29)13(6)27/h4,26-30H,3H2,1-2H3,(H,25,31). The fraction of sp³-hybridized carbons (Fsp3) is 0.150. The van der Waals surface area contributed by atoms with Gasteiger partial charge in [-0.05, 0) is 6.92 Å². The monoisotopic (exact) mass is 516 g/mol. The minimum atomic E-state index is -2.10. The van der Waals surface area contributed by atoms with E-state index >= 15 is 8.78 Å². The first-order chi connectivity index (χ1) is 16.5. The number of methoxy groups -OCH3 is 1. The maximum Gasteiger partial charge on any atom is 0.350 e. The zero-order chi connectivity index (χ0) is 26.2. The van der Waals surface area contributed by atoms with E-state index in [1.807, 2.05) is 5.32 Å². The number of carbonyl (C=O) groups excluding carboxylic acids is 2. The first-order valence-corrected chi connectivity index (χ1v) is 10.2. The molecule has 6 N–H and O–H groups in total. The molecule has 0 aliphatic carbocycles. The van der Waals surface area contributed by atoms with Crippen molar-refractivity contribution in [2.75, 3.05) is 19.0 Å². The van der Waals surface area contributed by atoms with Crippen LogP contribution in [0.4, 0.5) is 18.9 Å². The molecule has 0 bridgehead atoms. The molecule has 0 saturated carbocycles. The summed E-state index contributed by atoms with van der Waals surface area (Å²) in [6.45, 7) is 1.48. The number of aromatic nitrogens is 1. The number of anilines is 1. The second kappa shape index (κ2) is 9.46. The van der Waals surface area contributed by atoms with Gasteiger partial charge in [0.1, 0.15) is 10.6 Å². The van der Waals surface area contributed by atoms with Crippen LogP contribution in [0.2, 0.25) is 0 Å². The van der Waals surface area contributed by atoms with Gasteiger partial charge in [0, 0.05) is 0 Å². The lowest BCUT2D eigenvalue weighted by molar-refractivity contribution is 0.0528. The normalized spacial score (nSPS) is 10.8. The van der Waals surface area contributed by atoms with E-state index in [0.29, 0.717) is 0 Å². The number of hydrogen-bond acceptors (Lipinski definition) is 11. The van der Waals surface area contributed by atoms with Crippen LogP contribution in [0.1, 0.15) is 27.1 Å². The number of rotatable bonds is 6. The molecule has 2 aromatic carbocycles. The molecular weight excluding hydrogens is 501 g/mol. The van der Waals surface area contributed by atoms with Gasteiger partial charge in [0.05, 0.1) is 30.4 Å². The van der Waals surface area contributed by atoms with Crippen LogP contribution in [-0.2, 0) is 4.74 Å². The maximum atomic E-state index is 15.3. The van der Waals surface area contributed by atoms with Gasteiger partial charge in [-0.15, -0.1) is 11.3 Å². The second-order valence-corrected chi connectivity index (χ2v) is 7.40. The Morgan fingerprint density at radius 3 is 2.06 bits per heavy atom. The second-order valence-electron chi connectivity index (χ2n) is 6.55. The van der Waals surface area contributed by atoms with Crippen molar-refractivity contribution in [1.82, 2.24) is 4.98 Å². The highest BCUT2D eigenvalue weighted by Gasteiger charge is 2.34. The van der Waals surface area contributed by atoms with Crippen molar-refractivity contribution >= 4 is 28.9 Å². The zero-order valence-electron chi connectivity index (χ0n) is 17.6. The first kappa shape index (κ1) is 25.2. The molecule has 0 saturated heterocycles. The average molecular weight is 516 g/mol. The molecule has 15 heteroatoms. The van der Waals surface area contributed by atoms with E-state index in [1.165, 1.54) is 6.92 Å². The lowest BCUT2D eigenvalue weighted by Gasteiger charge is -2.18. The molecule has 1 heterocycles. The van der Waals surface area contributed by atoms with E-state index in [4.69, 9.17) is 9.47 Å². The highest BCUT2D eigenvalue weighted by Crippen LogP contribution is 2.56. The number of benzene rings is 2. The molecule has 1 amide bonds. The highest BCUT2D eigenvalue weighted by molar-refractivity contribution is 7.12. The third-order valence-electron chi connectivity index (χ3n) is 4.58. The van der Waals surface area contributed by atoms with Crippen LogP contribution in [0, 0.1) is 17.5 Å². The van der Waals surface area contributed by atoms with Gasteiger partial charge in [0.2, 0.25) is 17.2 Å². The number of phenols is 5. The van der Waals surface area contributed by atoms with Crippen LogP contribution in [0.3, 0.4) is 0 Å². The summed E-state index contributed by atoms with van der Waals surface area (Å²) in [5.74, 6) is -16.5. The molecular formula is C20H15F3N2O9S. The number of carbonyl (C=O) groups is 2. The Labute approximate surface area is 197 Å². The molecule has 3 aromatic rings. The van der Waals surface area contributed by atoms with Crippen molar-refractivity contribution in [2.24, 2.45) is 0 Å². The predicted octanol–water partition coefficient (Wildman–Crippen LogP) is 3.19. The van der Waals surface area contributed by atoms with Gasteiger partial charge in [-0.3, -0.25) is 4.79 Å². The molecule has 0 fully saturated rings. The van der Waals surface area contributed by atoms with Gasteiger partial charge >= 0.3 is 5.97 Å². The third kappa shape index (κ3) is 4.05. The molecule has 0 radical (unpaired) electrons. The van der Waals surface area contributed by atoms with E-state index < -0.39 is 86.3 Å². The number of esters is 1. The summed E-state index contributed by atoms with van der Waals surface area (Å²) in [6, 6.07) is 0. The Kier molecular flexibility index (Phi) is 6.82. The number of aromatic hydroxyl groups is 5.